The average molecular weight is 704 g/mol. The van der Waals surface area contributed by atoms with E-state index in [4.69, 9.17) is 32.9 Å². The van der Waals surface area contributed by atoms with E-state index in [-0.39, 0.29) is 35.7 Å². The Labute approximate surface area is 286 Å². The molecule has 0 saturated carbocycles. The van der Waals surface area contributed by atoms with Gasteiger partial charge in [0.15, 0.2) is 0 Å². The monoisotopic (exact) mass is 702 g/mol. The highest BCUT2D eigenvalue weighted by atomic mass is 35.5. The van der Waals surface area contributed by atoms with E-state index >= 15 is 0 Å². The summed E-state index contributed by atoms with van der Waals surface area (Å²) < 4.78 is 47.1. The molecule has 3 aliphatic heterocycles. The largest absolute Gasteiger partial charge is 0.493 e. The Hall–Kier alpha value is -3.84. The first-order valence-corrected chi connectivity index (χ1v) is 16.5. The number of urea groups is 1. The van der Waals surface area contributed by atoms with Gasteiger partial charge in [-0.2, -0.15) is 13.2 Å². The number of amides is 3. The van der Waals surface area contributed by atoms with Crippen LogP contribution in [-0.4, -0.2) is 96.5 Å². The summed E-state index contributed by atoms with van der Waals surface area (Å²) in [6.45, 7) is 6.08. The highest BCUT2D eigenvalue weighted by Crippen LogP contribution is 2.46. The Morgan fingerprint density at radius 1 is 0.917 bits per heavy atom. The van der Waals surface area contributed by atoms with Crippen molar-refractivity contribution in [1.82, 2.24) is 24.9 Å². The van der Waals surface area contributed by atoms with Gasteiger partial charge in [0.1, 0.15) is 17.6 Å². The first-order valence-electron chi connectivity index (χ1n) is 15.7. The Morgan fingerprint density at radius 3 is 2.17 bits per heavy atom. The summed E-state index contributed by atoms with van der Waals surface area (Å²) in [5, 5.41) is 3.88. The van der Waals surface area contributed by atoms with Gasteiger partial charge in [-0.15, -0.1) is 0 Å². The van der Waals surface area contributed by atoms with Crippen LogP contribution in [0.1, 0.15) is 41.3 Å². The number of alkyl halides is 3. The Morgan fingerprint density at radius 2 is 1.56 bits per heavy atom. The fourth-order valence-electron chi connectivity index (χ4n) is 6.34. The number of piperazine rings is 2. The molecule has 3 aromatic rings. The van der Waals surface area contributed by atoms with Crippen molar-refractivity contribution in [3.05, 3.63) is 99.0 Å². The molecule has 0 radical (unpaired) electrons. The zero-order chi connectivity index (χ0) is 34.0. The quantitative estimate of drug-likeness (QED) is 0.323. The zero-order valence-corrected chi connectivity index (χ0v) is 27.7. The minimum absolute atomic E-state index is 0.00548. The van der Waals surface area contributed by atoms with Gasteiger partial charge in [-0.3, -0.25) is 24.5 Å². The summed E-state index contributed by atoms with van der Waals surface area (Å²) in [7, 11) is 0. The van der Waals surface area contributed by atoms with Gasteiger partial charge in [0.05, 0.1) is 37.0 Å². The Kier molecular flexibility index (Phi) is 10.2. The van der Waals surface area contributed by atoms with Gasteiger partial charge in [0, 0.05) is 49.3 Å². The Balaban J connectivity index is 1.38. The number of nitrogens with zero attached hydrogens (tertiary/aromatic N) is 5. The van der Waals surface area contributed by atoms with Gasteiger partial charge >= 0.3 is 12.2 Å². The van der Waals surface area contributed by atoms with Gasteiger partial charge in [0.25, 0.3) is 0 Å². The highest BCUT2D eigenvalue weighted by Gasteiger charge is 2.45. The fraction of sp³-hybridized carbons (Fsp3) is 0.382. The lowest BCUT2D eigenvalue weighted by atomic mass is 9.93. The number of ether oxygens (including phenoxy) is 1. The second-order valence-corrected chi connectivity index (χ2v) is 12.8. The first kappa shape index (κ1) is 34.0. The van der Waals surface area contributed by atoms with E-state index < -0.39 is 23.8 Å². The lowest BCUT2D eigenvalue weighted by Gasteiger charge is -2.40. The van der Waals surface area contributed by atoms with Crippen LogP contribution in [0.3, 0.4) is 0 Å². The van der Waals surface area contributed by atoms with Crippen LogP contribution < -0.4 is 10.1 Å². The first-order chi connectivity index (χ1) is 23.0. The highest BCUT2D eigenvalue weighted by molar-refractivity contribution is 6.30. The van der Waals surface area contributed by atoms with Gasteiger partial charge in [-0.1, -0.05) is 47.5 Å². The van der Waals surface area contributed by atoms with Gasteiger partial charge in [-0.05, 0) is 60.5 Å². The second-order valence-electron chi connectivity index (χ2n) is 11.9. The molecule has 3 aromatic carbocycles. The van der Waals surface area contributed by atoms with Crippen LogP contribution in [0.2, 0.25) is 10.0 Å². The van der Waals surface area contributed by atoms with Crippen molar-refractivity contribution in [2.75, 3.05) is 59.1 Å². The average Bonchev–Trinajstić information content (AvgIpc) is 3.45. The van der Waals surface area contributed by atoms with Crippen LogP contribution in [0, 0.1) is 0 Å². The standard InChI is InChI=1S/C34H35Cl2F3N6O3/c1-2-48-28-19-24(34(37,38)39)7-12-27(28)32-41-30(22-3-8-25(35)9-4-22)31(23-5-10-26(36)11-6-23)45(32)33(47)44-17-15-42(16-18-44)21-43-14-13-40-29(46)20-43/h3-12,19,30-31H,2,13-18,20-21H2,1H3,(H,40,46). The van der Waals surface area contributed by atoms with Crippen LogP contribution in [-0.2, 0) is 11.0 Å². The molecule has 3 heterocycles. The summed E-state index contributed by atoms with van der Waals surface area (Å²) in [4.78, 5) is 39.3. The lowest BCUT2D eigenvalue weighted by Crippen LogP contribution is -2.57. The molecule has 48 heavy (non-hydrogen) atoms. The summed E-state index contributed by atoms with van der Waals surface area (Å²) >= 11 is 12.5. The summed E-state index contributed by atoms with van der Waals surface area (Å²) in [6, 6.07) is 15.9. The van der Waals surface area contributed by atoms with Crippen LogP contribution in [0.4, 0.5) is 18.0 Å². The molecular formula is C34H35Cl2F3N6O3. The normalized spacial score (nSPS) is 20.9. The molecule has 9 nitrogen and oxygen atoms in total. The van der Waals surface area contributed by atoms with E-state index in [0.717, 1.165) is 29.8 Å². The van der Waals surface area contributed by atoms with E-state index in [2.05, 4.69) is 15.1 Å². The molecule has 0 spiro atoms. The van der Waals surface area contributed by atoms with Crippen LogP contribution in [0.15, 0.2) is 71.7 Å². The number of hydrogen-bond acceptors (Lipinski definition) is 6. The lowest BCUT2D eigenvalue weighted by molar-refractivity contribution is -0.137. The third-order valence-electron chi connectivity index (χ3n) is 8.71. The van der Waals surface area contributed by atoms with E-state index in [9.17, 15) is 22.8 Å². The number of carbonyl (C=O) groups excluding carboxylic acids is 2. The van der Waals surface area contributed by atoms with E-state index in [0.29, 0.717) is 56.0 Å². The molecule has 1 N–H and O–H groups in total. The van der Waals surface area contributed by atoms with Gasteiger partial charge in [-0.25, -0.2) is 4.79 Å². The number of aliphatic imine (C=N–C) groups is 1. The summed E-state index contributed by atoms with van der Waals surface area (Å²) in [5.41, 5.74) is 0.929. The van der Waals surface area contributed by atoms with Gasteiger partial charge in [0.2, 0.25) is 5.91 Å². The van der Waals surface area contributed by atoms with E-state index in [1.165, 1.54) is 6.07 Å². The topological polar surface area (TPSA) is 80.7 Å². The number of nitrogens with one attached hydrogen (secondary N) is 1. The molecular weight excluding hydrogens is 668 g/mol. The SMILES string of the molecule is CCOc1cc(C(F)(F)F)ccc1C1=NC(c2ccc(Cl)cc2)C(c2ccc(Cl)cc2)N1C(=O)N1CCN(CN2CCNC(=O)C2)CC1. The van der Waals surface area contributed by atoms with Crippen molar-refractivity contribution in [1.29, 1.82) is 0 Å². The van der Waals surface area contributed by atoms with Crippen molar-refractivity contribution in [3.8, 4) is 5.75 Å². The molecule has 14 heteroatoms. The second kappa shape index (κ2) is 14.3. The van der Waals surface area contributed by atoms with Crippen molar-refractivity contribution >= 4 is 41.0 Å². The summed E-state index contributed by atoms with van der Waals surface area (Å²) in [5.74, 6) is 0.179. The van der Waals surface area contributed by atoms with E-state index in [1.807, 2.05) is 24.3 Å². The molecule has 2 atom stereocenters. The molecule has 254 valence electrons. The molecule has 0 aromatic heterocycles. The molecule has 2 unspecified atom stereocenters. The molecule has 2 fully saturated rings. The molecule has 3 aliphatic rings. The number of amidine groups is 1. The van der Waals surface area contributed by atoms with Crippen LogP contribution in [0.5, 0.6) is 5.75 Å². The molecule has 2 saturated heterocycles. The molecule has 0 aliphatic carbocycles. The number of benzene rings is 3. The smallest absolute Gasteiger partial charge is 0.416 e. The van der Waals surface area contributed by atoms with Crippen molar-refractivity contribution < 1.29 is 27.5 Å². The maximum Gasteiger partial charge on any atom is 0.416 e. The van der Waals surface area contributed by atoms with E-state index in [1.54, 1.807) is 41.0 Å². The van der Waals surface area contributed by atoms with Crippen LogP contribution in [0.25, 0.3) is 0 Å². The minimum Gasteiger partial charge on any atom is -0.493 e. The maximum absolute atomic E-state index is 14.7. The fourth-order valence-corrected chi connectivity index (χ4v) is 6.59. The van der Waals surface area contributed by atoms with Crippen molar-refractivity contribution in [2.24, 2.45) is 4.99 Å². The zero-order valence-electron chi connectivity index (χ0n) is 26.2. The number of rotatable bonds is 7. The van der Waals surface area contributed by atoms with Crippen molar-refractivity contribution in [2.45, 2.75) is 25.2 Å². The van der Waals surface area contributed by atoms with Crippen LogP contribution >= 0.6 is 23.2 Å². The predicted molar refractivity (Wildman–Crippen MR) is 177 cm³/mol. The number of hydrogen-bond donors (Lipinski definition) is 1. The molecule has 3 amide bonds. The minimum atomic E-state index is -4.59. The van der Waals surface area contributed by atoms with Crippen molar-refractivity contribution in [3.63, 3.8) is 0 Å². The predicted octanol–water partition coefficient (Wildman–Crippen LogP) is 6.08. The number of carbonyl (C=O) groups is 2. The molecule has 6 rings (SSSR count). The van der Waals surface area contributed by atoms with Gasteiger partial charge < -0.3 is 15.0 Å². The third-order valence-corrected chi connectivity index (χ3v) is 9.21. The molecule has 0 bridgehead atoms. The maximum atomic E-state index is 14.7. The third kappa shape index (κ3) is 7.41. The Bertz CT molecular complexity index is 1660. The number of halogens is 5. The summed E-state index contributed by atoms with van der Waals surface area (Å²) in [6.07, 6.45) is -4.59.